The lowest BCUT2D eigenvalue weighted by molar-refractivity contribution is -0.392. The first-order valence-corrected chi connectivity index (χ1v) is 6.13. The summed E-state index contributed by atoms with van der Waals surface area (Å²) in [7, 11) is 0. The largest absolute Gasteiger partial charge is 0.416 e. The Bertz CT molecular complexity index is 600. The average molecular weight is 391 g/mol. The molecule has 0 radical (unpaired) electrons. The molecule has 0 aliphatic heterocycles. The van der Waals surface area contributed by atoms with Gasteiger partial charge >= 0.3 is 17.6 Å². The van der Waals surface area contributed by atoms with E-state index < -0.39 is 38.6 Å². The average Bonchev–Trinajstić information content (AvgIpc) is 2.36. The quantitative estimate of drug-likeness (QED) is 0.211. The van der Waals surface area contributed by atoms with Gasteiger partial charge in [0, 0.05) is 12.1 Å². The Morgan fingerprint density at radius 1 is 1.23 bits per heavy atom. The van der Waals surface area contributed by atoms with E-state index in [4.69, 9.17) is 5.73 Å². The molecule has 0 fully saturated rings. The van der Waals surface area contributed by atoms with E-state index >= 15 is 0 Å². The fourth-order valence-corrected chi connectivity index (χ4v) is 1.46. The number of hydrogen-bond donors (Lipinski definition) is 1. The summed E-state index contributed by atoms with van der Waals surface area (Å²) in [5, 5.41) is 21.6. The van der Waals surface area contributed by atoms with Crippen molar-refractivity contribution in [1.29, 1.82) is 0 Å². The van der Waals surface area contributed by atoms with Crippen LogP contribution in [0, 0.1) is 20.2 Å². The van der Waals surface area contributed by atoms with E-state index in [9.17, 15) is 33.4 Å². The zero-order chi connectivity index (χ0) is 16.4. The number of nitro benzene ring substituents is 2. The molecule has 0 saturated carbocycles. The highest BCUT2D eigenvalue weighted by molar-refractivity contribution is 9.09. The fourth-order valence-electron chi connectivity index (χ4n) is 1.33. The van der Waals surface area contributed by atoms with E-state index in [0.29, 0.717) is 0 Å². The van der Waals surface area contributed by atoms with Crippen molar-refractivity contribution in [1.82, 2.24) is 0 Å². The van der Waals surface area contributed by atoms with Crippen LogP contribution in [0.2, 0.25) is 0 Å². The van der Waals surface area contributed by atoms with Gasteiger partial charge in [-0.25, -0.2) is 4.99 Å². The maximum Gasteiger partial charge on any atom is 0.416 e. The van der Waals surface area contributed by atoms with Crippen LogP contribution < -0.4 is 5.73 Å². The van der Waals surface area contributed by atoms with Crippen molar-refractivity contribution in [3.05, 3.63) is 37.9 Å². The summed E-state index contributed by atoms with van der Waals surface area (Å²) in [6.45, 7) is 0. The van der Waals surface area contributed by atoms with Crippen LogP contribution in [0.4, 0.5) is 34.9 Å². The van der Waals surface area contributed by atoms with Crippen LogP contribution in [-0.2, 0) is 6.18 Å². The monoisotopic (exact) mass is 390 g/mol. The molecule has 13 heteroatoms. The van der Waals surface area contributed by atoms with E-state index in [-0.39, 0.29) is 28.0 Å². The second kappa shape index (κ2) is 7.11. The van der Waals surface area contributed by atoms with Gasteiger partial charge in [-0.05, 0) is 0 Å². The third kappa shape index (κ3) is 4.34. The normalized spacial score (nSPS) is 11.7. The predicted octanol–water partition coefficient (Wildman–Crippen LogP) is 3.06. The Hall–Kier alpha value is -2.31. The third-order valence-electron chi connectivity index (χ3n) is 2.18. The number of amidine groups is 1. The Morgan fingerprint density at radius 3 is 1.91 bits per heavy atom. The van der Waals surface area contributed by atoms with Gasteiger partial charge in [-0.2, -0.15) is 13.2 Å². The van der Waals surface area contributed by atoms with Crippen LogP contribution in [0.5, 0.6) is 0 Å². The number of hydrogen-bond acceptors (Lipinski definition) is 5. The fraction of sp³-hybridized carbons (Fsp3) is 0.222. The number of alkyl halides is 4. The summed E-state index contributed by atoms with van der Waals surface area (Å²) in [6.07, 6.45) is -4.97. The number of aliphatic imine (C=N–C) groups is 1. The SMILES string of the molecule is F.NC(CBr)=Nc1c([N+](=O)[O-])cc(C(F)(F)F)cc1[N+](=O)[O-]. The minimum atomic E-state index is -4.97. The van der Waals surface area contributed by atoms with Gasteiger partial charge in [0.2, 0.25) is 5.69 Å². The molecular weight excluding hydrogens is 384 g/mol. The van der Waals surface area contributed by atoms with Gasteiger partial charge in [0.1, 0.15) is 5.84 Å². The third-order valence-corrected chi connectivity index (χ3v) is 2.76. The molecule has 0 bridgehead atoms. The molecule has 1 aromatic carbocycles. The summed E-state index contributed by atoms with van der Waals surface area (Å²) in [5.41, 5.74) is 0.643. The Morgan fingerprint density at radius 2 is 1.64 bits per heavy atom. The molecule has 0 spiro atoms. The molecule has 0 heterocycles. The molecule has 122 valence electrons. The molecule has 0 aromatic heterocycles. The first kappa shape index (κ1) is 19.7. The van der Waals surface area contributed by atoms with Gasteiger partial charge in [-0.1, -0.05) is 15.9 Å². The highest BCUT2D eigenvalue weighted by Gasteiger charge is 2.37. The maximum absolute atomic E-state index is 12.6. The first-order valence-electron chi connectivity index (χ1n) is 5.01. The zero-order valence-corrected chi connectivity index (χ0v) is 11.9. The van der Waals surface area contributed by atoms with Crippen molar-refractivity contribution >= 4 is 38.8 Å². The second-order valence-electron chi connectivity index (χ2n) is 3.61. The first-order chi connectivity index (χ1) is 9.57. The van der Waals surface area contributed by atoms with Gasteiger partial charge in [-0.15, -0.1) is 0 Å². The highest BCUT2D eigenvalue weighted by Crippen LogP contribution is 2.42. The predicted molar refractivity (Wildman–Crippen MR) is 72.3 cm³/mol. The molecule has 0 atom stereocenters. The van der Waals surface area contributed by atoms with E-state index in [0.717, 1.165) is 0 Å². The summed E-state index contributed by atoms with van der Waals surface area (Å²) in [5.74, 6) is -0.263. The summed E-state index contributed by atoms with van der Waals surface area (Å²) < 4.78 is 37.9. The molecular formula is C9H7BrF4N4O4. The number of nitro groups is 2. The van der Waals surface area contributed by atoms with Crippen molar-refractivity contribution in [2.45, 2.75) is 6.18 Å². The molecule has 0 aliphatic carbocycles. The summed E-state index contributed by atoms with van der Waals surface area (Å²) in [4.78, 5) is 22.7. The van der Waals surface area contributed by atoms with Crippen molar-refractivity contribution < 1.29 is 27.7 Å². The molecule has 0 aliphatic rings. The molecule has 8 nitrogen and oxygen atoms in total. The topological polar surface area (TPSA) is 125 Å². The second-order valence-corrected chi connectivity index (χ2v) is 4.17. The smallest absolute Gasteiger partial charge is 0.386 e. The molecule has 22 heavy (non-hydrogen) atoms. The standard InChI is InChI=1S/C9H6BrF3N4O4.FH/c10-3-7(14)15-8-5(16(18)19)1-4(9(11,12)13)2-6(8)17(20)21;/h1-2H,3H2,(H2,14,15);1H. The van der Waals surface area contributed by atoms with Gasteiger partial charge in [-0.3, -0.25) is 24.9 Å². The van der Waals surface area contributed by atoms with Crippen LogP contribution in [0.15, 0.2) is 17.1 Å². The van der Waals surface area contributed by atoms with Gasteiger partial charge in [0.25, 0.3) is 0 Å². The van der Waals surface area contributed by atoms with Gasteiger partial charge < -0.3 is 5.73 Å². The zero-order valence-electron chi connectivity index (χ0n) is 10.3. The highest BCUT2D eigenvalue weighted by atomic mass is 79.9. The van der Waals surface area contributed by atoms with E-state index in [2.05, 4.69) is 20.9 Å². The minimum absolute atomic E-state index is 0. The van der Waals surface area contributed by atoms with Crippen LogP contribution in [0.1, 0.15) is 5.56 Å². The Labute approximate surface area is 127 Å². The van der Waals surface area contributed by atoms with Crippen molar-refractivity contribution in [2.24, 2.45) is 10.7 Å². The van der Waals surface area contributed by atoms with Crippen molar-refractivity contribution in [2.75, 3.05) is 5.33 Å². The number of nitrogens with two attached hydrogens (primary N) is 1. The van der Waals surface area contributed by atoms with E-state index in [1.165, 1.54) is 0 Å². The van der Waals surface area contributed by atoms with Gasteiger partial charge in [0.05, 0.1) is 20.7 Å². The summed E-state index contributed by atoms with van der Waals surface area (Å²) >= 11 is 2.87. The van der Waals surface area contributed by atoms with E-state index in [1.54, 1.807) is 0 Å². The Balaban J connectivity index is 0.00000441. The number of halogens is 5. The molecule has 0 unspecified atom stereocenters. The van der Waals surface area contributed by atoms with E-state index in [1.807, 2.05) is 0 Å². The molecule has 0 amide bonds. The lowest BCUT2D eigenvalue weighted by atomic mass is 10.1. The maximum atomic E-state index is 12.6. The number of rotatable bonds is 4. The van der Waals surface area contributed by atoms with Crippen LogP contribution >= 0.6 is 15.9 Å². The van der Waals surface area contributed by atoms with Crippen LogP contribution in [0.25, 0.3) is 0 Å². The van der Waals surface area contributed by atoms with Crippen molar-refractivity contribution in [3.8, 4) is 0 Å². The lowest BCUT2D eigenvalue weighted by Crippen LogP contribution is -2.13. The van der Waals surface area contributed by atoms with Gasteiger partial charge in [0.15, 0.2) is 0 Å². The van der Waals surface area contributed by atoms with Crippen LogP contribution in [0.3, 0.4) is 0 Å². The minimum Gasteiger partial charge on any atom is -0.386 e. The van der Waals surface area contributed by atoms with Crippen LogP contribution in [-0.4, -0.2) is 21.0 Å². The molecule has 2 N–H and O–H groups in total. The molecule has 0 saturated heterocycles. The molecule has 1 rings (SSSR count). The lowest BCUT2D eigenvalue weighted by Gasteiger charge is -2.08. The number of benzene rings is 1. The Kier molecular flexibility index (Phi) is 6.36. The molecule has 1 aromatic rings. The summed E-state index contributed by atoms with van der Waals surface area (Å²) in [6, 6.07) is 0.348. The van der Waals surface area contributed by atoms with Crippen molar-refractivity contribution in [3.63, 3.8) is 0 Å². The number of nitrogens with zero attached hydrogens (tertiary/aromatic N) is 3.